The van der Waals surface area contributed by atoms with E-state index in [-0.39, 0.29) is 18.5 Å². The molecule has 0 unspecified atom stereocenters. The minimum Gasteiger partial charge on any atom is -0.489 e. The Morgan fingerprint density at radius 3 is 2.50 bits per heavy atom. The van der Waals surface area contributed by atoms with Crippen LogP contribution >= 0.6 is 31.9 Å². The van der Waals surface area contributed by atoms with Crippen LogP contribution in [0.1, 0.15) is 52.7 Å². The average Bonchev–Trinajstić information content (AvgIpc) is 3.55. The molecule has 0 fully saturated rings. The summed E-state index contributed by atoms with van der Waals surface area (Å²) >= 11 is 7.07. The molecule has 0 spiro atoms. The van der Waals surface area contributed by atoms with Gasteiger partial charge >= 0.3 is 5.97 Å². The van der Waals surface area contributed by atoms with Gasteiger partial charge in [0.05, 0.1) is 27.2 Å². The molecule has 2 aromatic heterocycles. The lowest BCUT2D eigenvalue weighted by Gasteiger charge is -2.12. The van der Waals surface area contributed by atoms with Crippen LogP contribution in [0.15, 0.2) is 86.4 Å². The maximum Gasteiger partial charge on any atom is 0.337 e. The second kappa shape index (κ2) is 12.3. The molecule has 5 aromatic rings. The third-order valence-corrected chi connectivity index (χ3v) is 7.77. The van der Waals surface area contributed by atoms with Gasteiger partial charge in [0, 0.05) is 29.6 Å². The summed E-state index contributed by atoms with van der Waals surface area (Å²) in [5.41, 5.74) is 4.21. The standard InChI is InChI=1S/C31H28Br2N2O5/c1-19(2)29-24(27(34-40-29)18-39-30-25(32)8-5-9-26(30)33)17-38-23-10-11-28-21(15-23)12-13-35(28)16-20-6-4-7-22(14-20)31(36)37-3/h4-15,19H,16-18H2,1-3H3. The van der Waals surface area contributed by atoms with Crippen molar-refractivity contribution in [3.05, 3.63) is 110 Å². The van der Waals surface area contributed by atoms with E-state index in [1.165, 1.54) is 7.11 Å². The number of aromatic nitrogens is 2. The maximum absolute atomic E-state index is 11.9. The summed E-state index contributed by atoms with van der Waals surface area (Å²) in [6.07, 6.45) is 2.03. The Morgan fingerprint density at radius 1 is 0.975 bits per heavy atom. The van der Waals surface area contributed by atoms with Gasteiger partial charge in [0.2, 0.25) is 0 Å². The van der Waals surface area contributed by atoms with Crippen LogP contribution in [0.5, 0.6) is 11.5 Å². The van der Waals surface area contributed by atoms with Crippen LogP contribution in [0.3, 0.4) is 0 Å². The summed E-state index contributed by atoms with van der Waals surface area (Å²) < 4.78 is 26.7. The zero-order valence-corrected chi connectivity index (χ0v) is 25.5. The second-order valence-corrected chi connectivity index (χ2v) is 11.3. The lowest BCUT2D eigenvalue weighted by molar-refractivity contribution is 0.0600. The SMILES string of the molecule is COC(=O)c1cccc(Cn2ccc3cc(OCc4c(COc5c(Br)cccc5Br)noc4C(C)C)ccc32)c1. The van der Waals surface area contributed by atoms with Crippen LogP contribution < -0.4 is 9.47 Å². The minimum atomic E-state index is -0.343. The number of methoxy groups -OCH3 is 1. The molecule has 0 aliphatic heterocycles. The minimum absolute atomic E-state index is 0.143. The molecule has 0 N–H and O–H groups in total. The van der Waals surface area contributed by atoms with Crippen molar-refractivity contribution in [1.29, 1.82) is 0 Å². The normalized spacial score (nSPS) is 11.2. The first-order chi connectivity index (χ1) is 19.3. The number of carbonyl (C=O) groups excluding carboxylic acids is 1. The zero-order chi connectivity index (χ0) is 28.2. The molecule has 0 saturated carbocycles. The molecule has 9 heteroatoms. The topological polar surface area (TPSA) is 75.7 Å². The fraction of sp³-hybridized carbons (Fsp3) is 0.226. The summed E-state index contributed by atoms with van der Waals surface area (Å²) in [6.45, 7) is 5.31. The highest BCUT2D eigenvalue weighted by molar-refractivity contribution is 9.11. The zero-order valence-electron chi connectivity index (χ0n) is 22.3. The smallest absolute Gasteiger partial charge is 0.337 e. The van der Waals surface area contributed by atoms with E-state index in [0.29, 0.717) is 30.2 Å². The van der Waals surface area contributed by atoms with E-state index in [1.807, 2.05) is 60.8 Å². The van der Waals surface area contributed by atoms with Gasteiger partial charge < -0.3 is 23.3 Å². The van der Waals surface area contributed by atoms with Crippen LogP contribution in [-0.4, -0.2) is 22.8 Å². The number of hydrogen-bond donors (Lipinski definition) is 0. The highest BCUT2D eigenvalue weighted by Gasteiger charge is 2.21. The lowest BCUT2D eigenvalue weighted by Crippen LogP contribution is -2.06. The first kappa shape index (κ1) is 28.0. The molecule has 0 aliphatic rings. The van der Waals surface area contributed by atoms with Crippen molar-refractivity contribution in [2.24, 2.45) is 0 Å². The maximum atomic E-state index is 11.9. The Kier molecular flexibility index (Phi) is 8.61. The molecule has 7 nitrogen and oxygen atoms in total. The van der Waals surface area contributed by atoms with Gasteiger partial charge in [-0.25, -0.2) is 4.79 Å². The number of ether oxygens (including phenoxy) is 3. The Morgan fingerprint density at radius 2 is 1.75 bits per heavy atom. The third-order valence-electron chi connectivity index (χ3n) is 6.52. The molecule has 0 radical (unpaired) electrons. The van der Waals surface area contributed by atoms with E-state index in [1.54, 1.807) is 6.07 Å². The van der Waals surface area contributed by atoms with Gasteiger partial charge in [-0.1, -0.05) is 37.2 Å². The van der Waals surface area contributed by atoms with Crippen molar-refractivity contribution in [2.75, 3.05) is 7.11 Å². The van der Waals surface area contributed by atoms with Gasteiger partial charge in [0.1, 0.15) is 36.2 Å². The predicted octanol–water partition coefficient (Wildman–Crippen LogP) is 8.27. The van der Waals surface area contributed by atoms with E-state index in [2.05, 4.69) is 61.5 Å². The van der Waals surface area contributed by atoms with Crippen LogP contribution in [0.25, 0.3) is 10.9 Å². The Balaban J connectivity index is 1.31. The molecule has 0 saturated heterocycles. The molecule has 0 amide bonds. The van der Waals surface area contributed by atoms with Crippen LogP contribution in [0.4, 0.5) is 0 Å². The number of carbonyl (C=O) groups is 1. The summed E-state index contributed by atoms with van der Waals surface area (Å²) in [4.78, 5) is 11.9. The number of fused-ring (bicyclic) bond motifs is 1. The molecule has 5 rings (SSSR count). The van der Waals surface area contributed by atoms with E-state index >= 15 is 0 Å². The number of para-hydroxylation sites is 1. The van der Waals surface area contributed by atoms with Crippen LogP contribution in [-0.2, 0) is 24.5 Å². The number of esters is 1. The predicted molar refractivity (Wildman–Crippen MR) is 160 cm³/mol. The summed E-state index contributed by atoms with van der Waals surface area (Å²) in [7, 11) is 1.39. The van der Waals surface area contributed by atoms with Crippen molar-refractivity contribution in [2.45, 2.75) is 39.5 Å². The van der Waals surface area contributed by atoms with Crippen molar-refractivity contribution < 1.29 is 23.5 Å². The van der Waals surface area contributed by atoms with Gasteiger partial charge in [0.25, 0.3) is 0 Å². The van der Waals surface area contributed by atoms with Crippen molar-refractivity contribution >= 4 is 48.7 Å². The number of rotatable bonds is 10. The van der Waals surface area contributed by atoms with Gasteiger partial charge in [-0.2, -0.15) is 0 Å². The molecule has 3 aromatic carbocycles. The van der Waals surface area contributed by atoms with Crippen LogP contribution in [0.2, 0.25) is 0 Å². The van der Waals surface area contributed by atoms with Gasteiger partial charge in [-0.3, -0.25) is 0 Å². The summed E-state index contributed by atoms with van der Waals surface area (Å²) in [5, 5.41) is 5.35. The van der Waals surface area contributed by atoms with Gasteiger partial charge in [-0.15, -0.1) is 0 Å². The molecule has 40 heavy (non-hydrogen) atoms. The first-order valence-corrected chi connectivity index (χ1v) is 14.4. The Bertz CT molecular complexity index is 1640. The van der Waals surface area contributed by atoms with Gasteiger partial charge in [-0.05, 0) is 86.0 Å². The van der Waals surface area contributed by atoms with E-state index in [4.69, 9.17) is 18.7 Å². The number of hydrogen-bond acceptors (Lipinski definition) is 6. The largest absolute Gasteiger partial charge is 0.489 e. The highest BCUT2D eigenvalue weighted by atomic mass is 79.9. The van der Waals surface area contributed by atoms with E-state index in [0.717, 1.165) is 42.5 Å². The monoisotopic (exact) mass is 666 g/mol. The van der Waals surface area contributed by atoms with Gasteiger partial charge in [0.15, 0.2) is 0 Å². The van der Waals surface area contributed by atoms with Crippen LogP contribution in [0, 0.1) is 0 Å². The lowest BCUT2D eigenvalue weighted by atomic mass is 10.1. The molecule has 0 bridgehead atoms. The molecule has 206 valence electrons. The van der Waals surface area contributed by atoms with E-state index in [9.17, 15) is 4.79 Å². The first-order valence-electron chi connectivity index (χ1n) is 12.8. The fourth-order valence-electron chi connectivity index (χ4n) is 4.51. The highest BCUT2D eigenvalue weighted by Crippen LogP contribution is 2.34. The molecular formula is C31H28Br2N2O5. The summed E-state index contributed by atoms with van der Waals surface area (Å²) in [5.74, 6) is 2.03. The summed E-state index contributed by atoms with van der Waals surface area (Å²) in [6, 6.07) is 21.3. The van der Waals surface area contributed by atoms with E-state index < -0.39 is 0 Å². The Hall–Kier alpha value is -3.56. The number of halogens is 2. The fourth-order valence-corrected chi connectivity index (χ4v) is 5.74. The molecule has 0 atom stereocenters. The Labute approximate surface area is 249 Å². The number of nitrogens with zero attached hydrogens (tertiary/aromatic N) is 2. The average molecular weight is 668 g/mol. The quantitative estimate of drug-likeness (QED) is 0.140. The molecular weight excluding hydrogens is 640 g/mol. The molecule has 2 heterocycles. The number of benzene rings is 3. The molecule has 0 aliphatic carbocycles. The van der Waals surface area contributed by atoms with Crippen molar-refractivity contribution in [3.8, 4) is 11.5 Å². The third kappa shape index (κ3) is 6.10. The second-order valence-electron chi connectivity index (χ2n) is 9.61. The van der Waals surface area contributed by atoms with Crippen molar-refractivity contribution in [1.82, 2.24) is 9.72 Å². The van der Waals surface area contributed by atoms with Crippen molar-refractivity contribution in [3.63, 3.8) is 0 Å².